The molecule has 1 atom stereocenters. The zero-order valence-corrected chi connectivity index (χ0v) is 11.5. The van der Waals surface area contributed by atoms with Gasteiger partial charge in [0.2, 0.25) is 5.89 Å². The average molecular weight is 275 g/mol. The minimum absolute atomic E-state index is 0.247. The molecule has 0 saturated carbocycles. The van der Waals surface area contributed by atoms with E-state index in [1.165, 1.54) is 12.1 Å². The number of aromatic nitrogens is 1. The lowest BCUT2D eigenvalue weighted by Gasteiger charge is -2.32. The van der Waals surface area contributed by atoms with Crippen LogP contribution < -0.4 is 5.32 Å². The van der Waals surface area contributed by atoms with Crippen molar-refractivity contribution >= 4 is 0 Å². The molecule has 0 amide bonds. The lowest BCUT2D eigenvalue weighted by Crippen LogP contribution is -2.49. The predicted octanol–water partition coefficient (Wildman–Crippen LogP) is 2.27. The van der Waals surface area contributed by atoms with Crippen LogP contribution in [0.15, 0.2) is 34.9 Å². The van der Waals surface area contributed by atoms with Crippen LogP contribution in [0.4, 0.5) is 4.39 Å². The van der Waals surface area contributed by atoms with Gasteiger partial charge in [-0.25, -0.2) is 9.37 Å². The summed E-state index contributed by atoms with van der Waals surface area (Å²) in [7, 11) is 0. The first-order valence-corrected chi connectivity index (χ1v) is 6.88. The van der Waals surface area contributed by atoms with Gasteiger partial charge < -0.3 is 9.73 Å². The monoisotopic (exact) mass is 275 g/mol. The van der Waals surface area contributed by atoms with Gasteiger partial charge in [0.1, 0.15) is 5.82 Å². The van der Waals surface area contributed by atoms with E-state index in [4.69, 9.17) is 4.42 Å². The van der Waals surface area contributed by atoms with Crippen LogP contribution in [0.25, 0.3) is 11.3 Å². The fourth-order valence-electron chi connectivity index (χ4n) is 2.42. The number of halogens is 1. The maximum atomic E-state index is 12.9. The van der Waals surface area contributed by atoms with Gasteiger partial charge in [-0.1, -0.05) is 0 Å². The van der Waals surface area contributed by atoms with Crippen molar-refractivity contribution in [3.63, 3.8) is 0 Å². The molecular weight excluding hydrogens is 257 g/mol. The van der Waals surface area contributed by atoms with Gasteiger partial charge in [0.15, 0.2) is 5.76 Å². The van der Waals surface area contributed by atoms with Crippen molar-refractivity contribution in [2.75, 3.05) is 19.6 Å². The lowest BCUT2D eigenvalue weighted by molar-refractivity contribution is 0.151. The average Bonchev–Trinajstić information content (AvgIpc) is 2.91. The number of oxazole rings is 1. The Morgan fingerprint density at radius 3 is 2.95 bits per heavy atom. The van der Waals surface area contributed by atoms with Crippen molar-refractivity contribution in [3.8, 4) is 11.3 Å². The summed E-state index contributed by atoms with van der Waals surface area (Å²) in [5.74, 6) is 1.14. The molecule has 0 bridgehead atoms. The molecule has 1 aromatic heterocycles. The predicted molar refractivity (Wildman–Crippen MR) is 74.6 cm³/mol. The van der Waals surface area contributed by atoms with Crippen molar-refractivity contribution in [2.45, 2.75) is 19.5 Å². The molecule has 106 valence electrons. The first-order valence-electron chi connectivity index (χ1n) is 6.88. The standard InChI is InChI=1S/C15H18FN3O/c1-11-8-17-6-7-19(11)10-15-18-9-14(20-15)12-2-4-13(16)5-3-12/h2-5,9,11,17H,6-8,10H2,1H3/t11-/m1/s1. The van der Waals surface area contributed by atoms with Crippen molar-refractivity contribution in [3.05, 3.63) is 42.2 Å². The Hall–Kier alpha value is -1.72. The van der Waals surface area contributed by atoms with Crippen molar-refractivity contribution in [1.29, 1.82) is 0 Å². The molecule has 1 aromatic carbocycles. The van der Waals surface area contributed by atoms with Gasteiger partial charge >= 0.3 is 0 Å². The number of benzene rings is 1. The number of rotatable bonds is 3. The fourth-order valence-corrected chi connectivity index (χ4v) is 2.42. The molecule has 0 spiro atoms. The van der Waals surface area contributed by atoms with Gasteiger partial charge in [0, 0.05) is 31.2 Å². The van der Waals surface area contributed by atoms with Crippen molar-refractivity contribution in [2.24, 2.45) is 0 Å². The summed E-state index contributed by atoms with van der Waals surface area (Å²) in [5, 5.41) is 3.36. The van der Waals surface area contributed by atoms with Gasteiger partial charge in [-0.3, -0.25) is 4.90 Å². The van der Waals surface area contributed by atoms with E-state index < -0.39 is 0 Å². The molecule has 1 aliphatic rings. The highest BCUT2D eigenvalue weighted by Gasteiger charge is 2.19. The van der Waals surface area contributed by atoms with Crippen LogP contribution in [0.3, 0.4) is 0 Å². The quantitative estimate of drug-likeness (QED) is 0.933. The molecule has 1 aliphatic heterocycles. The normalized spacial score (nSPS) is 20.2. The largest absolute Gasteiger partial charge is 0.439 e. The minimum atomic E-state index is -0.247. The summed E-state index contributed by atoms with van der Waals surface area (Å²) in [5.41, 5.74) is 0.846. The molecule has 4 nitrogen and oxygen atoms in total. The Kier molecular flexibility index (Phi) is 3.80. The van der Waals surface area contributed by atoms with Crippen LogP contribution in [0.5, 0.6) is 0 Å². The summed E-state index contributed by atoms with van der Waals surface area (Å²) in [4.78, 5) is 6.67. The summed E-state index contributed by atoms with van der Waals surface area (Å²) in [6.07, 6.45) is 1.70. The second kappa shape index (κ2) is 5.73. The van der Waals surface area contributed by atoms with E-state index in [0.29, 0.717) is 24.2 Å². The zero-order valence-electron chi connectivity index (χ0n) is 11.5. The van der Waals surface area contributed by atoms with Crippen LogP contribution in [0.1, 0.15) is 12.8 Å². The minimum Gasteiger partial charge on any atom is -0.439 e. The third-order valence-corrected chi connectivity index (χ3v) is 3.66. The van der Waals surface area contributed by atoms with E-state index in [9.17, 15) is 4.39 Å². The van der Waals surface area contributed by atoms with Gasteiger partial charge in [-0.2, -0.15) is 0 Å². The molecule has 0 aliphatic carbocycles. The molecule has 1 saturated heterocycles. The zero-order chi connectivity index (χ0) is 13.9. The summed E-state index contributed by atoms with van der Waals surface area (Å²) in [6.45, 7) is 5.89. The second-order valence-electron chi connectivity index (χ2n) is 5.15. The van der Waals surface area contributed by atoms with E-state index in [-0.39, 0.29) is 5.82 Å². The smallest absolute Gasteiger partial charge is 0.209 e. The van der Waals surface area contributed by atoms with E-state index in [2.05, 4.69) is 22.1 Å². The van der Waals surface area contributed by atoms with Crippen LogP contribution in [-0.4, -0.2) is 35.6 Å². The Bertz CT molecular complexity index is 567. The number of nitrogens with zero attached hydrogens (tertiary/aromatic N) is 2. The molecular formula is C15H18FN3O. The molecule has 1 N–H and O–H groups in total. The third-order valence-electron chi connectivity index (χ3n) is 3.66. The van der Waals surface area contributed by atoms with Gasteiger partial charge in [0.25, 0.3) is 0 Å². The molecule has 2 aromatic rings. The highest BCUT2D eigenvalue weighted by molar-refractivity contribution is 5.55. The van der Waals surface area contributed by atoms with Gasteiger partial charge in [0.05, 0.1) is 12.7 Å². The second-order valence-corrected chi connectivity index (χ2v) is 5.15. The molecule has 0 radical (unpaired) electrons. The maximum Gasteiger partial charge on any atom is 0.209 e. The molecule has 5 heteroatoms. The molecule has 1 fully saturated rings. The number of nitrogens with one attached hydrogen (secondary N) is 1. The summed E-state index contributed by atoms with van der Waals surface area (Å²) >= 11 is 0. The molecule has 3 rings (SSSR count). The number of hydrogen-bond donors (Lipinski definition) is 1. The molecule has 2 heterocycles. The Labute approximate surface area is 117 Å². The first-order chi connectivity index (χ1) is 9.72. The van der Waals surface area contributed by atoms with Gasteiger partial charge in [-0.05, 0) is 31.2 Å². The van der Waals surface area contributed by atoms with Crippen molar-refractivity contribution in [1.82, 2.24) is 15.2 Å². The van der Waals surface area contributed by atoms with E-state index in [1.54, 1.807) is 18.3 Å². The number of piperazine rings is 1. The van der Waals surface area contributed by atoms with Crippen LogP contribution in [0, 0.1) is 5.82 Å². The van der Waals surface area contributed by atoms with Crippen molar-refractivity contribution < 1.29 is 8.81 Å². The summed E-state index contributed by atoms with van der Waals surface area (Å²) in [6, 6.07) is 6.73. The fraction of sp³-hybridized carbons (Fsp3) is 0.400. The maximum absolute atomic E-state index is 12.9. The highest BCUT2D eigenvalue weighted by atomic mass is 19.1. The summed E-state index contributed by atoms with van der Waals surface area (Å²) < 4.78 is 18.7. The lowest BCUT2D eigenvalue weighted by atomic mass is 10.2. The van der Waals surface area contributed by atoms with E-state index in [1.807, 2.05) is 0 Å². The topological polar surface area (TPSA) is 41.3 Å². The van der Waals surface area contributed by atoms with Crippen LogP contribution in [0.2, 0.25) is 0 Å². The Morgan fingerprint density at radius 1 is 1.40 bits per heavy atom. The highest BCUT2D eigenvalue weighted by Crippen LogP contribution is 2.21. The first kappa shape index (κ1) is 13.3. The number of hydrogen-bond acceptors (Lipinski definition) is 4. The molecule has 20 heavy (non-hydrogen) atoms. The Balaban J connectivity index is 1.71. The van der Waals surface area contributed by atoms with Crippen LogP contribution in [-0.2, 0) is 6.54 Å². The SMILES string of the molecule is C[C@@H]1CNCCN1Cc1ncc(-c2ccc(F)cc2)o1. The van der Waals surface area contributed by atoms with Gasteiger partial charge in [-0.15, -0.1) is 0 Å². The van der Waals surface area contributed by atoms with E-state index in [0.717, 1.165) is 25.2 Å². The Morgan fingerprint density at radius 2 is 2.20 bits per heavy atom. The van der Waals surface area contributed by atoms with E-state index >= 15 is 0 Å². The third kappa shape index (κ3) is 2.89. The molecule has 0 unspecified atom stereocenters. The van der Waals surface area contributed by atoms with Crippen LogP contribution >= 0.6 is 0 Å².